The second-order valence-electron chi connectivity index (χ2n) is 5.44. The van der Waals surface area contributed by atoms with Crippen LogP contribution in [-0.4, -0.2) is 42.9 Å². The topological polar surface area (TPSA) is 64.6 Å². The minimum atomic E-state index is -0.443. The molecule has 0 aliphatic carbocycles. The van der Waals surface area contributed by atoms with Gasteiger partial charge in [-0.05, 0) is 31.0 Å². The summed E-state index contributed by atoms with van der Waals surface area (Å²) >= 11 is 5.68. The van der Waals surface area contributed by atoms with Crippen molar-refractivity contribution in [2.24, 2.45) is 0 Å². The van der Waals surface area contributed by atoms with E-state index in [4.69, 9.17) is 16.7 Å². The van der Waals surface area contributed by atoms with Gasteiger partial charge in [0.1, 0.15) is 5.82 Å². The van der Waals surface area contributed by atoms with Crippen LogP contribution in [0.4, 0.5) is 14.9 Å². The Hall–Kier alpha value is -1.53. The van der Waals surface area contributed by atoms with Gasteiger partial charge < -0.3 is 20.6 Å². The number of nitrogens with one attached hydrogen (secondary N) is 2. The average Bonchev–Trinajstić information content (AvgIpc) is 2.96. The molecule has 2 atom stereocenters. The Bertz CT molecular complexity index is 526. The first kappa shape index (κ1) is 16.8. The van der Waals surface area contributed by atoms with E-state index in [1.165, 1.54) is 12.1 Å². The van der Waals surface area contributed by atoms with Crippen LogP contribution in [0.25, 0.3) is 0 Å². The first-order valence-electron chi connectivity index (χ1n) is 7.41. The summed E-state index contributed by atoms with van der Waals surface area (Å²) in [6.45, 7) is 3.17. The lowest BCUT2D eigenvalue weighted by Crippen LogP contribution is -2.48. The predicted octanol–water partition coefficient (Wildman–Crippen LogP) is 2.13. The van der Waals surface area contributed by atoms with Gasteiger partial charge >= 0.3 is 6.03 Å². The molecular formula is C15H21ClFN3O2. The van der Waals surface area contributed by atoms with Gasteiger partial charge in [-0.2, -0.15) is 0 Å². The molecule has 0 saturated carbocycles. The van der Waals surface area contributed by atoms with Gasteiger partial charge in [0.25, 0.3) is 0 Å². The number of urea groups is 1. The van der Waals surface area contributed by atoms with Crippen molar-refractivity contribution >= 4 is 23.3 Å². The molecule has 1 aliphatic rings. The summed E-state index contributed by atoms with van der Waals surface area (Å²) in [5.74, 6) is -0.443. The lowest BCUT2D eigenvalue weighted by Gasteiger charge is -2.20. The highest BCUT2D eigenvalue weighted by molar-refractivity contribution is 6.30. The summed E-state index contributed by atoms with van der Waals surface area (Å²) in [6, 6.07) is 4.19. The number of nitrogens with zero attached hydrogens (tertiary/aromatic N) is 1. The number of hydrogen-bond donors (Lipinski definition) is 3. The van der Waals surface area contributed by atoms with Crippen LogP contribution in [0.5, 0.6) is 0 Å². The first-order chi connectivity index (χ1) is 10.5. The number of hydrogen-bond acceptors (Lipinski definition) is 3. The fourth-order valence-electron chi connectivity index (χ4n) is 2.48. The second kappa shape index (κ2) is 7.65. The van der Waals surface area contributed by atoms with Crippen molar-refractivity contribution < 1.29 is 14.3 Å². The van der Waals surface area contributed by atoms with Crippen molar-refractivity contribution in [3.8, 4) is 0 Å². The number of aliphatic hydroxyl groups excluding tert-OH is 1. The zero-order valence-electron chi connectivity index (χ0n) is 12.5. The Morgan fingerprint density at radius 1 is 1.59 bits per heavy atom. The second-order valence-corrected chi connectivity index (χ2v) is 5.84. The van der Waals surface area contributed by atoms with E-state index in [2.05, 4.69) is 10.6 Å². The summed E-state index contributed by atoms with van der Waals surface area (Å²) in [7, 11) is 0. The highest BCUT2D eigenvalue weighted by Crippen LogP contribution is 2.24. The van der Waals surface area contributed by atoms with Crippen LogP contribution in [0.1, 0.15) is 19.8 Å². The van der Waals surface area contributed by atoms with Crippen molar-refractivity contribution in [1.82, 2.24) is 10.6 Å². The van der Waals surface area contributed by atoms with Gasteiger partial charge in [0, 0.05) is 24.8 Å². The Balaban J connectivity index is 1.87. The normalized spacial score (nSPS) is 19.1. The standard InChI is InChI=1S/C15H21ClFN3O2/c1-2-10(9-21)18-15(22)19-11-5-6-20(8-11)12-3-4-13(16)14(17)7-12/h3-4,7,10-11,21H,2,5-6,8-9H2,1H3,(H2,18,19,22). The molecule has 1 aromatic rings. The smallest absolute Gasteiger partial charge is 0.315 e. The van der Waals surface area contributed by atoms with Crippen molar-refractivity contribution in [2.45, 2.75) is 31.8 Å². The summed E-state index contributed by atoms with van der Waals surface area (Å²) in [5.41, 5.74) is 0.758. The number of anilines is 1. The maximum absolute atomic E-state index is 13.5. The number of amides is 2. The molecule has 122 valence electrons. The van der Waals surface area contributed by atoms with Crippen molar-refractivity contribution in [2.75, 3.05) is 24.6 Å². The molecule has 1 fully saturated rings. The maximum Gasteiger partial charge on any atom is 0.315 e. The minimum absolute atomic E-state index is 0.00469. The number of aliphatic hydroxyl groups is 1. The van der Waals surface area contributed by atoms with E-state index in [9.17, 15) is 9.18 Å². The number of halogens is 2. The zero-order valence-corrected chi connectivity index (χ0v) is 13.2. The van der Waals surface area contributed by atoms with Crippen molar-refractivity contribution in [1.29, 1.82) is 0 Å². The van der Waals surface area contributed by atoms with Crippen LogP contribution in [-0.2, 0) is 0 Å². The molecule has 1 saturated heterocycles. The van der Waals surface area contributed by atoms with E-state index < -0.39 is 5.82 Å². The zero-order chi connectivity index (χ0) is 16.1. The molecule has 1 aliphatic heterocycles. The van der Waals surface area contributed by atoms with Gasteiger partial charge in [0.2, 0.25) is 0 Å². The molecule has 3 N–H and O–H groups in total. The predicted molar refractivity (Wildman–Crippen MR) is 84.9 cm³/mol. The summed E-state index contributed by atoms with van der Waals surface area (Å²) in [5, 5.41) is 14.8. The van der Waals surface area contributed by atoms with Gasteiger partial charge in [-0.25, -0.2) is 9.18 Å². The lowest BCUT2D eigenvalue weighted by atomic mass is 10.2. The van der Waals surface area contributed by atoms with Crippen LogP contribution in [0.15, 0.2) is 18.2 Å². The number of benzene rings is 1. The number of carbonyl (C=O) groups excluding carboxylic acids is 1. The van der Waals surface area contributed by atoms with Crippen LogP contribution in [0.2, 0.25) is 5.02 Å². The van der Waals surface area contributed by atoms with Gasteiger partial charge in [0.05, 0.1) is 17.7 Å². The largest absolute Gasteiger partial charge is 0.394 e. The molecule has 2 rings (SSSR count). The van der Waals surface area contributed by atoms with E-state index in [0.717, 1.165) is 18.7 Å². The van der Waals surface area contributed by atoms with E-state index in [1.807, 2.05) is 11.8 Å². The van der Waals surface area contributed by atoms with E-state index in [0.29, 0.717) is 13.0 Å². The average molecular weight is 330 g/mol. The molecule has 7 heteroatoms. The van der Waals surface area contributed by atoms with E-state index in [1.54, 1.807) is 6.07 Å². The Morgan fingerprint density at radius 3 is 3.00 bits per heavy atom. The Labute approximate surface area is 134 Å². The summed E-state index contributed by atoms with van der Waals surface area (Å²) in [4.78, 5) is 13.8. The number of rotatable bonds is 5. The lowest BCUT2D eigenvalue weighted by molar-refractivity contribution is 0.212. The number of carbonyl (C=O) groups is 1. The molecule has 2 unspecified atom stereocenters. The maximum atomic E-state index is 13.5. The van der Waals surface area contributed by atoms with Crippen LogP contribution >= 0.6 is 11.6 Å². The van der Waals surface area contributed by atoms with Crippen LogP contribution in [0, 0.1) is 5.82 Å². The molecule has 1 aromatic carbocycles. The third-order valence-corrected chi connectivity index (χ3v) is 4.15. The molecular weight excluding hydrogens is 309 g/mol. The minimum Gasteiger partial charge on any atom is -0.394 e. The molecule has 0 bridgehead atoms. The molecule has 2 amide bonds. The molecule has 0 aromatic heterocycles. The fourth-order valence-corrected chi connectivity index (χ4v) is 2.60. The SMILES string of the molecule is CCC(CO)NC(=O)NC1CCN(c2ccc(Cl)c(F)c2)C1. The molecule has 22 heavy (non-hydrogen) atoms. The quantitative estimate of drug-likeness (QED) is 0.775. The molecule has 0 spiro atoms. The Kier molecular flexibility index (Phi) is 5.85. The van der Waals surface area contributed by atoms with Crippen LogP contribution < -0.4 is 15.5 Å². The highest BCUT2D eigenvalue weighted by Gasteiger charge is 2.25. The molecule has 1 heterocycles. The Morgan fingerprint density at radius 2 is 2.36 bits per heavy atom. The summed E-state index contributed by atoms with van der Waals surface area (Å²) in [6.07, 6.45) is 1.46. The highest BCUT2D eigenvalue weighted by atomic mass is 35.5. The third kappa shape index (κ3) is 4.24. The van der Waals surface area contributed by atoms with Gasteiger partial charge in [0.15, 0.2) is 0 Å². The van der Waals surface area contributed by atoms with Crippen molar-refractivity contribution in [3.63, 3.8) is 0 Å². The fraction of sp³-hybridized carbons (Fsp3) is 0.533. The van der Waals surface area contributed by atoms with E-state index >= 15 is 0 Å². The van der Waals surface area contributed by atoms with Gasteiger partial charge in [-0.3, -0.25) is 0 Å². The molecule has 0 radical (unpaired) electrons. The third-order valence-electron chi connectivity index (χ3n) is 3.84. The monoisotopic (exact) mass is 329 g/mol. The molecule has 5 nitrogen and oxygen atoms in total. The van der Waals surface area contributed by atoms with Gasteiger partial charge in [-0.1, -0.05) is 18.5 Å². The first-order valence-corrected chi connectivity index (χ1v) is 7.79. The van der Waals surface area contributed by atoms with Crippen molar-refractivity contribution in [3.05, 3.63) is 29.0 Å². The van der Waals surface area contributed by atoms with Gasteiger partial charge in [-0.15, -0.1) is 0 Å². The van der Waals surface area contributed by atoms with E-state index in [-0.39, 0.29) is 29.7 Å². The summed E-state index contributed by atoms with van der Waals surface area (Å²) < 4.78 is 13.5. The van der Waals surface area contributed by atoms with Crippen LogP contribution in [0.3, 0.4) is 0 Å².